The smallest absolute Gasteiger partial charge is 0.411 e. The summed E-state index contributed by atoms with van der Waals surface area (Å²) in [5.41, 5.74) is 1.29. The lowest BCUT2D eigenvalue weighted by atomic mass is 10.0. The van der Waals surface area contributed by atoms with E-state index in [0.29, 0.717) is 36.1 Å². The Balaban J connectivity index is 1.59. The highest BCUT2D eigenvalue weighted by molar-refractivity contribution is 5.82. The van der Waals surface area contributed by atoms with Crippen LogP contribution in [-0.4, -0.2) is 54.7 Å². The average molecular weight is 468 g/mol. The molecule has 0 spiro atoms. The molecule has 1 unspecified atom stereocenters. The number of rotatable bonds is 5. The van der Waals surface area contributed by atoms with E-state index in [0.717, 1.165) is 25.9 Å². The van der Waals surface area contributed by atoms with Crippen molar-refractivity contribution in [2.24, 2.45) is 0 Å². The molecule has 3 rings (SSSR count). The van der Waals surface area contributed by atoms with Crippen molar-refractivity contribution in [3.8, 4) is 24.2 Å². The maximum Gasteiger partial charge on any atom is 0.411 e. The van der Waals surface area contributed by atoms with Gasteiger partial charge in [-0.25, -0.2) is 9.59 Å². The van der Waals surface area contributed by atoms with Gasteiger partial charge in [0, 0.05) is 29.8 Å². The van der Waals surface area contributed by atoms with E-state index in [4.69, 9.17) is 25.4 Å². The third-order valence-electron chi connectivity index (χ3n) is 5.52. The molecule has 0 aromatic heterocycles. The van der Waals surface area contributed by atoms with E-state index in [1.165, 1.54) is 4.90 Å². The molecule has 7 nitrogen and oxygen atoms in total. The van der Waals surface area contributed by atoms with Gasteiger partial charge >= 0.3 is 12.1 Å². The van der Waals surface area contributed by atoms with Crippen molar-refractivity contribution in [2.45, 2.75) is 77.4 Å². The van der Waals surface area contributed by atoms with Crippen molar-refractivity contribution >= 4 is 12.1 Å². The first-order chi connectivity index (χ1) is 16.3. The molecule has 2 aliphatic heterocycles. The molecule has 7 heteroatoms. The van der Waals surface area contributed by atoms with Crippen LogP contribution < -0.4 is 0 Å². The maximum absolute atomic E-state index is 12.8. The number of esters is 1. The van der Waals surface area contributed by atoms with Crippen LogP contribution in [0.3, 0.4) is 0 Å². The minimum absolute atomic E-state index is 0.00103. The predicted molar refractivity (Wildman–Crippen MR) is 127 cm³/mol. The van der Waals surface area contributed by atoms with Crippen molar-refractivity contribution in [1.29, 1.82) is 0 Å². The lowest BCUT2D eigenvalue weighted by Gasteiger charge is -2.27. The summed E-state index contributed by atoms with van der Waals surface area (Å²) < 4.78 is 22.2. The molecule has 1 aromatic carbocycles. The van der Waals surface area contributed by atoms with Gasteiger partial charge in [-0.1, -0.05) is 29.9 Å². The van der Waals surface area contributed by atoms with E-state index in [2.05, 4.69) is 17.8 Å². The third-order valence-corrected chi connectivity index (χ3v) is 5.52. The molecule has 1 aromatic rings. The van der Waals surface area contributed by atoms with Gasteiger partial charge in [-0.3, -0.25) is 4.90 Å². The number of terminal acetylenes is 1. The lowest BCUT2D eigenvalue weighted by Crippen LogP contribution is -2.44. The van der Waals surface area contributed by atoms with Gasteiger partial charge in [0.05, 0.1) is 0 Å². The second-order valence-electron chi connectivity index (χ2n) is 9.33. The number of benzene rings is 1. The van der Waals surface area contributed by atoms with E-state index in [1.807, 2.05) is 12.1 Å². The van der Waals surface area contributed by atoms with Gasteiger partial charge in [0.2, 0.25) is 0 Å². The van der Waals surface area contributed by atoms with Crippen LogP contribution in [-0.2, 0) is 30.3 Å². The number of carbonyl (C=O) groups is 2. The van der Waals surface area contributed by atoms with Crippen molar-refractivity contribution in [3.05, 3.63) is 34.9 Å². The van der Waals surface area contributed by atoms with Crippen LogP contribution in [0.1, 0.15) is 69.6 Å². The summed E-state index contributed by atoms with van der Waals surface area (Å²) in [4.78, 5) is 26.7. The zero-order valence-corrected chi connectivity index (χ0v) is 20.2. The number of amides is 1. The van der Waals surface area contributed by atoms with Crippen LogP contribution in [0.2, 0.25) is 0 Å². The number of carbonyl (C=O) groups excluding carboxylic acids is 2. The highest BCUT2D eigenvalue weighted by atomic mass is 16.7. The number of nitrogens with zero attached hydrogens (tertiary/aromatic N) is 1. The van der Waals surface area contributed by atoms with Crippen LogP contribution in [0.25, 0.3) is 0 Å². The molecule has 2 saturated heterocycles. The molecule has 182 valence electrons. The SMILES string of the molecule is C#Cc1c(C#CCOC2CCCCO2)cccc1COC(=O)[C@@H]1CCCN1C(=O)OC(C)(C)C. The highest BCUT2D eigenvalue weighted by Gasteiger charge is 2.37. The standard InChI is InChI=1S/C27H33NO6/c1-5-22-20(13-10-18-32-24-15-6-7-17-31-24)11-8-12-21(22)19-33-25(29)23-14-9-16-28(23)26(30)34-27(2,3)4/h1,8,11-12,23-24H,6-7,9,14-19H2,2-4H3/t23-,24?/m0/s1. The fraction of sp³-hybridized carbons (Fsp3) is 0.556. The molecular weight excluding hydrogens is 434 g/mol. The van der Waals surface area contributed by atoms with Crippen LogP contribution in [0.5, 0.6) is 0 Å². The molecule has 0 N–H and O–H groups in total. The first-order valence-electron chi connectivity index (χ1n) is 11.8. The summed E-state index contributed by atoms with van der Waals surface area (Å²) in [6.45, 7) is 6.80. The van der Waals surface area contributed by atoms with Crippen LogP contribution >= 0.6 is 0 Å². The minimum Gasteiger partial charge on any atom is -0.459 e. The van der Waals surface area contributed by atoms with Crippen LogP contribution in [0, 0.1) is 24.2 Å². The molecule has 2 atom stereocenters. The summed E-state index contributed by atoms with van der Waals surface area (Å²) in [6.07, 6.45) is 9.33. The fourth-order valence-corrected chi connectivity index (χ4v) is 3.90. The van der Waals surface area contributed by atoms with Crippen LogP contribution in [0.15, 0.2) is 18.2 Å². The molecule has 2 fully saturated rings. The van der Waals surface area contributed by atoms with Crippen molar-refractivity contribution < 1.29 is 28.5 Å². The molecule has 0 aliphatic carbocycles. The summed E-state index contributed by atoms with van der Waals surface area (Å²) in [6, 6.07) is 4.79. The normalized spacial score (nSPS) is 20.1. The molecule has 1 amide bonds. The summed E-state index contributed by atoms with van der Waals surface area (Å²) in [5, 5.41) is 0. The Bertz CT molecular complexity index is 972. The van der Waals surface area contributed by atoms with Gasteiger partial charge < -0.3 is 18.9 Å². The first-order valence-corrected chi connectivity index (χ1v) is 11.8. The molecule has 0 radical (unpaired) electrons. The molecular formula is C27H33NO6. The number of likely N-dealkylation sites (tertiary alicyclic amines) is 1. The van der Waals surface area contributed by atoms with Gasteiger partial charge in [-0.2, -0.15) is 0 Å². The summed E-state index contributed by atoms with van der Waals surface area (Å²) in [7, 11) is 0. The Morgan fingerprint density at radius 2 is 2.03 bits per heavy atom. The monoisotopic (exact) mass is 467 g/mol. The van der Waals surface area contributed by atoms with E-state index in [9.17, 15) is 9.59 Å². The number of hydrogen-bond donors (Lipinski definition) is 0. The number of hydrogen-bond acceptors (Lipinski definition) is 6. The maximum atomic E-state index is 12.8. The Morgan fingerprint density at radius 3 is 2.74 bits per heavy atom. The zero-order chi connectivity index (χ0) is 24.6. The topological polar surface area (TPSA) is 74.3 Å². The number of ether oxygens (including phenoxy) is 4. The predicted octanol–water partition coefficient (Wildman–Crippen LogP) is 4.01. The Labute approximate surface area is 202 Å². The third kappa shape index (κ3) is 7.25. The molecule has 2 heterocycles. The van der Waals surface area contributed by atoms with Gasteiger partial charge in [0.1, 0.15) is 24.9 Å². The zero-order valence-electron chi connectivity index (χ0n) is 20.2. The van der Waals surface area contributed by atoms with Gasteiger partial charge in [0.15, 0.2) is 6.29 Å². The minimum atomic E-state index is -0.661. The quantitative estimate of drug-likeness (QED) is 0.481. The first kappa shape index (κ1) is 25.6. The Morgan fingerprint density at radius 1 is 1.21 bits per heavy atom. The van der Waals surface area contributed by atoms with Gasteiger partial charge in [-0.05, 0) is 58.9 Å². The fourth-order valence-electron chi connectivity index (χ4n) is 3.90. The van der Waals surface area contributed by atoms with E-state index in [1.54, 1.807) is 26.8 Å². The van der Waals surface area contributed by atoms with Crippen molar-refractivity contribution in [3.63, 3.8) is 0 Å². The largest absolute Gasteiger partial charge is 0.459 e. The van der Waals surface area contributed by atoms with Gasteiger partial charge in [0.25, 0.3) is 0 Å². The summed E-state index contributed by atoms with van der Waals surface area (Å²) >= 11 is 0. The molecule has 0 bridgehead atoms. The van der Waals surface area contributed by atoms with Crippen LogP contribution in [0.4, 0.5) is 4.79 Å². The van der Waals surface area contributed by atoms with Gasteiger partial charge in [-0.15, -0.1) is 6.42 Å². The lowest BCUT2D eigenvalue weighted by molar-refractivity contribution is -0.154. The molecule has 2 aliphatic rings. The second kappa shape index (κ2) is 11.9. The average Bonchev–Trinajstić information content (AvgIpc) is 3.30. The molecule has 0 saturated carbocycles. The Hall–Kier alpha value is -3.00. The van der Waals surface area contributed by atoms with E-state index < -0.39 is 23.7 Å². The van der Waals surface area contributed by atoms with E-state index in [-0.39, 0.29) is 19.5 Å². The van der Waals surface area contributed by atoms with Crippen molar-refractivity contribution in [2.75, 3.05) is 19.8 Å². The second-order valence-corrected chi connectivity index (χ2v) is 9.33. The Kier molecular flexibility index (Phi) is 8.98. The van der Waals surface area contributed by atoms with Crippen molar-refractivity contribution in [1.82, 2.24) is 4.90 Å². The molecule has 34 heavy (non-hydrogen) atoms. The van der Waals surface area contributed by atoms with E-state index >= 15 is 0 Å². The summed E-state index contributed by atoms with van der Waals surface area (Å²) in [5.74, 6) is 8.22. The highest BCUT2D eigenvalue weighted by Crippen LogP contribution is 2.23.